The van der Waals surface area contributed by atoms with Crippen molar-refractivity contribution in [2.45, 2.75) is 96.3 Å². The Morgan fingerprint density at radius 3 is 2.54 bits per heavy atom. The van der Waals surface area contributed by atoms with Gasteiger partial charge in [0, 0.05) is 18.3 Å². The third kappa shape index (κ3) is 5.18. The quantitative estimate of drug-likeness (QED) is 0.407. The zero-order valence-electron chi connectivity index (χ0n) is 24.4. The number of carbonyl (C=O) groups excluding carboxylic acids is 4. The predicted molar refractivity (Wildman–Crippen MR) is 151 cm³/mol. The Balaban J connectivity index is 1.18. The van der Waals surface area contributed by atoms with Crippen molar-refractivity contribution in [2.24, 2.45) is 28.6 Å². The summed E-state index contributed by atoms with van der Waals surface area (Å²) in [4.78, 5) is 50.3. The van der Waals surface area contributed by atoms with Crippen LogP contribution in [-0.2, 0) is 23.9 Å². The van der Waals surface area contributed by atoms with Crippen molar-refractivity contribution in [3.63, 3.8) is 0 Å². The molecule has 8 heteroatoms. The maximum atomic E-state index is 13.4. The van der Waals surface area contributed by atoms with Crippen LogP contribution in [0, 0.1) is 28.6 Å². The highest BCUT2D eigenvalue weighted by atomic mass is 16.5. The van der Waals surface area contributed by atoms with Crippen molar-refractivity contribution < 1.29 is 34.1 Å². The van der Waals surface area contributed by atoms with E-state index in [2.05, 4.69) is 12.2 Å². The zero-order valence-corrected chi connectivity index (χ0v) is 24.4. The van der Waals surface area contributed by atoms with Crippen LogP contribution in [0.2, 0.25) is 0 Å². The van der Waals surface area contributed by atoms with Crippen molar-refractivity contribution in [3.05, 3.63) is 47.5 Å². The van der Waals surface area contributed by atoms with E-state index in [-0.39, 0.29) is 66.6 Å². The van der Waals surface area contributed by atoms with Gasteiger partial charge in [0.25, 0.3) is 0 Å². The second kappa shape index (κ2) is 11.1. The van der Waals surface area contributed by atoms with E-state index in [1.807, 2.05) is 44.2 Å². The molecule has 0 heterocycles. The van der Waals surface area contributed by atoms with Gasteiger partial charge in [0.15, 0.2) is 12.4 Å². The molecule has 0 aromatic heterocycles. The molecule has 0 aliphatic heterocycles. The van der Waals surface area contributed by atoms with Crippen LogP contribution in [0.4, 0.5) is 0 Å². The van der Waals surface area contributed by atoms with Crippen LogP contribution in [0.3, 0.4) is 0 Å². The fourth-order valence-corrected chi connectivity index (χ4v) is 8.84. The minimum absolute atomic E-state index is 0.0142. The first-order chi connectivity index (χ1) is 19.4. The first-order valence-electron chi connectivity index (χ1n) is 15.1. The van der Waals surface area contributed by atoms with Crippen LogP contribution in [0.1, 0.15) is 90.2 Å². The molecular weight excluding hydrogens is 522 g/mol. The predicted octanol–water partition coefficient (Wildman–Crippen LogP) is 3.99. The molecule has 1 amide bonds. The first kappa shape index (κ1) is 29.6. The number of esters is 1. The molecule has 0 unspecified atom stereocenters. The van der Waals surface area contributed by atoms with E-state index in [4.69, 9.17) is 4.74 Å². The molecule has 4 aliphatic carbocycles. The molecular formula is C33H43NO7. The van der Waals surface area contributed by atoms with Crippen LogP contribution in [0.5, 0.6) is 0 Å². The number of ether oxygens (including phenoxy) is 1. The fraction of sp³-hybridized carbons (Fsp3) is 0.636. The molecule has 3 fully saturated rings. The van der Waals surface area contributed by atoms with Gasteiger partial charge < -0.3 is 20.3 Å². The summed E-state index contributed by atoms with van der Waals surface area (Å²) in [6.07, 6.45) is 4.88. The summed E-state index contributed by atoms with van der Waals surface area (Å²) < 4.78 is 5.25. The largest absolute Gasteiger partial charge is 0.458 e. The van der Waals surface area contributed by atoms with Gasteiger partial charge in [-0.2, -0.15) is 0 Å². The highest BCUT2D eigenvalue weighted by Crippen LogP contribution is 2.67. The average Bonchev–Trinajstić information content (AvgIpc) is 3.21. The van der Waals surface area contributed by atoms with E-state index in [9.17, 15) is 29.4 Å². The third-order valence-corrected chi connectivity index (χ3v) is 11.1. The van der Waals surface area contributed by atoms with Gasteiger partial charge in [0.2, 0.25) is 11.7 Å². The lowest BCUT2D eigenvalue weighted by Crippen LogP contribution is -2.62. The normalized spacial score (nSPS) is 36.7. The fourth-order valence-electron chi connectivity index (χ4n) is 8.84. The summed E-state index contributed by atoms with van der Waals surface area (Å²) in [6, 6.07) is 9.30. The van der Waals surface area contributed by atoms with Crippen molar-refractivity contribution in [2.75, 3.05) is 6.61 Å². The smallest absolute Gasteiger partial charge is 0.306 e. The Hall–Kier alpha value is -2.84. The van der Waals surface area contributed by atoms with Crippen LogP contribution in [0.15, 0.2) is 42.0 Å². The van der Waals surface area contributed by atoms with Crippen molar-refractivity contribution in [3.8, 4) is 0 Å². The zero-order chi connectivity index (χ0) is 29.6. The lowest BCUT2D eigenvalue weighted by molar-refractivity contribution is -0.184. The molecule has 5 rings (SSSR count). The third-order valence-electron chi connectivity index (χ3n) is 11.1. The second-order valence-corrected chi connectivity index (χ2v) is 13.3. The number of benzene rings is 1. The van der Waals surface area contributed by atoms with Gasteiger partial charge in [0.1, 0.15) is 5.60 Å². The van der Waals surface area contributed by atoms with Gasteiger partial charge in [-0.15, -0.1) is 0 Å². The molecule has 0 spiro atoms. The highest BCUT2D eigenvalue weighted by molar-refractivity contribution is 5.92. The van der Waals surface area contributed by atoms with E-state index in [0.29, 0.717) is 12.8 Å². The summed E-state index contributed by atoms with van der Waals surface area (Å²) in [6.45, 7) is 5.38. The lowest BCUT2D eigenvalue weighted by Gasteiger charge is -2.60. The van der Waals surface area contributed by atoms with Crippen LogP contribution >= 0.6 is 0 Å². The molecule has 41 heavy (non-hydrogen) atoms. The minimum Gasteiger partial charge on any atom is -0.458 e. The van der Waals surface area contributed by atoms with Crippen molar-refractivity contribution >= 4 is 23.4 Å². The number of carbonyl (C=O) groups is 4. The molecule has 1 aromatic rings. The summed E-state index contributed by atoms with van der Waals surface area (Å²) in [5.74, 6) is -1.17. The number of amides is 1. The van der Waals surface area contributed by atoms with Gasteiger partial charge in [0.05, 0.1) is 18.6 Å². The Morgan fingerprint density at radius 2 is 1.80 bits per heavy atom. The second-order valence-electron chi connectivity index (χ2n) is 13.3. The Labute approximate surface area is 241 Å². The van der Waals surface area contributed by atoms with Crippen LogP contribution in [-0.4, -0.2) is 52.0 Å². The number of hydrogen-bond acceptors (Lipinski definition) is 7. The molecule has 0 radical (unpaired) electrons. The van der Waals surface area contributed by atoms with Gasteiger partial charge in [-0.1, -0.05) is 49.8 Å². The van der Waals surface area contributed by atoms with E-state index in [1.54, 1.807) is 6.08 Å². The molecule has 3 saturated carbocycles. The summed E-state index contributed by atoms with van der Waals surface area (Å²) >= 11 is 0. The molecule has 8 nitrogen and oxygen atoms in total. The van der Waals surface area contributed by atoms with E-state index in [1.165, 1.54) is 0 Å². The number of allylic oxidation sites excluding steroid dienone is 1. The topological polar surface area (TPSA) is 130 Å². The average molecular weight is 566 g/mol. The summed E-state index contributed by atoms with van der Waals surface area (Å²) in [7, 11) is 0. The molecule has 1 aromatic carbocycles. The Kier molecular flexibility index (Phi) is 8.03. The maximum absolute atomic E-state index is 13.4. The Morgan fingerprint density at radius 1 is 1.07 bits per heavy atom. The number of Topliss-reactive ketones (excluding diaryl/α,β-unsaturated/α-hetero) is 1. The number of fused-ring (bicyclic) bond motifs is 5. The number of nitrogens with one attached hydrogen (secondary N) is 1. The van der Waals surface area contributed by atoms with E-state index < -0.39 is 35.5 Å². The minimum atomic E-state index is -1.70. The number of ketones is 2. The molecule has 0 bridgehead atoms. The van der Waals surface area contributed by atoms with Gasteiger partial charge >= 0.3 is 5.97 Å². The van der Waals surface area contributed by atoms with Crippen molar-refractivity contribution in [1.82, 2.24) is 5.32 Å². The van der Waals surface area contributed by atoms with Crippen LogP contribution < -0.4 is 5.32 Å². The highest BCUT2D eigenvalue weighted by Gasteiger charge is 2.68. The molecule has 222 valence electrons. The number of aliphatic hydroxyl groups is 2. The first-order valence-corrected chi connectivity index (χ1v) is 15.1. The van der Waals surface area contributed by atoms with E-state index in [0.717, 1.165) is 30.4 Å². The molecule has 3 N–H and O–H groups in total. The monoisotopic (exact) mass is 565 g/mol. The van der Waals surface area contributed by atoms with Crippen LogP contribution in [0.25, 0.3) is 0 Å². The molecule has 8 atom stereocenters. The molecule has 4 aliphatic rings. The summed E-state index contributed by atoms with van der Waals surface area (Å²) in [5.41, 5.74) is -0.698. The van der Waals surface area contributed by atoms with Crippen molar-refractivity contribution in [1.29, 1.82) is 0 Å². The SMILES string of the molecule is C[C@H](NC(=O)CCC(=O)OCC(=O)[C@@]1(O)CC[C@@H]2[C@@H]3CCC4=CC(=O)CC[C@]4(C)[C@H]3[C@H](O)C[C@@]21C)c1ccccc1. The van der Waals surface area contributed by atoms with E-state index >= 15 is 0 Å². The Bertz CT molecular complexity index is 1240. The standard InChI is InChI=1S/C33H43NO7/c1-20(21-7-5-4-6-8-21)34-28(38)11-12-29(39)41-19-27(37)33(40)16-14-25-24-10-9-22-17-23(35)13-15-31(22,2)30(24)26(36)18-32(25,33)3/h4-8,17,20,24-26,30,36,40H,9-16,18-19H2,1-3H3,(H,34,38)/t20-,24-,25+,26+,30+,31-,32-,33-/m0/s1. The van der Waals surface area contributed by atoms with Gasteiger partial charge in [-0.05, 0) is 80.3 Å². The number of hydrogen-bond donors (Lipinski definition) is 3. The lowest BCUT2D eigenvalue weighted by atomic mass is 9.45. The van der Waals surface area contributed by atoms with Gasteiger partial charge in [-0.25, -0.2) is 0 Å². The maximum Gasteiger partial charge on any atom is 0.306 e. The number of rotatable bonds is 8. The molecule has 0 saturated heterocycles. The van der Waals surface area contributed by atoms with Gasteiger partial charge in [-0.3, -0.25) is 19.2 Å². The summed E-state index contributed by atoms with van der Waals surface area (Å²) in [5, 5.41) is 26.2. The number of aliphatic hydroxyl groups excluding tert-OH is 1.